The molecule has 1 aliphatic heterocycles. The number of carbonyl (C=O) groups excluding carboxylic acids is 1. The zero-order chi connectivity index (χ0) is 22.4. The van der Waals surface area contributed by atoms with Gasteiger partial charge in [0.25, 0.3) is 5.91 Å². The van der Waals surface area contributed by atoms with Gasteiger partial charge in [0.2, 0.25) is 0 Å². The number of ether oxygens (including phenoxy) is 1. The van der Waals surface area contributed by atoms with Crippen LogP contribution in [0.25, 0.3) is 22.4 Å². The molecule has 0 saturated carbocycles. The van der Waals surface area contributed by atoms with E-state index in [1.54, 1.807) is 10.7 Å². The molecule has 1 amide bonds. The third-order valence-electron chi connectivity index (χ3n) is 5.32. The van der Waals surface area contributed by atoms with Crippen LogP contribution in [0, 0.1) is 0 Å². The lowest BCUT2D eigenvalue weighted by molar-refractivity contribution is 0.0566. The number of nitrogens with zero attached hydrogens (tertiary/aromatic N) is 4. The van der Waals surface area contributed by atoms with Gasteiger partial charge in [-0.2, -0.15) is 13.9 Å². The highest BCUT2D eigenvalue weighted by Crippen LogP contribution is 2.39. The average molecular weight is 429 g/mol. The van der Waals surface area contributed by atoms with Crippen LogP contribution in [0.15, 0.2) is 41.6 Å². The SMILES string of the molecule is COc1cc2c(cc1-c1cnn(C(F)F)c1)CN(C(C)C)n1cc(C(N)=O)c(=O)cc1-2. The summed E-state index contributed by atoms with van der Waals surface area (Å²) in [5, 5.41) is 5.68. The molecule has 3 aromatic rings. The Kier molecular flexibility index (Phi) is 5.00. The topological polar surface area (TPSA) is 95.4 Å². The second kappa shape index (κ2) is 7.53. The van der Waals surface area contributed by atoms with Crippen molar-refractivity contribution in [1.29, 1.82) is 0 Å². The first-order valence-electron chi connectivity index (χ1n) is 9.58. The van der Waals surface area contributed by atoms with Crippen LogP contribution in [0.1, 0.15) is 36.3 Å². The fourth-order valence-corrected chi connectivity index (χ4v) is 3.78. The lowest BCUT2D eigenvalue weighted by atomic mass is 9.95. The Morgan fingerprint density at radius 2 is 1.94 bits per heavy atom. The molecule has 0 bridgehead atoms. The molecule has 4 rings (SSSR count). The number of amides is 1. The maximum absolute atomic E-state index is 13.0. The summed E-state index contributed by atoms with van der Waals surface area (Å²) in [5.74, 6) is -0.345. The number of primary amides is 1. The molecule has 0 atom stereocenters. The maximum Gasteiger partial charge on any atom is 0.333 e. The highest BCUT2D eigenvalue weighted by Gasteiger charge is 2.27. The number of aromatic nitrogens is 3. The van der Waals surface area contributed by atoms with Crippen molar-refractivity contribution in [2.24, 2.45) is 5.73 Å². The van der Waals surface area contributed by atoms with E-state index in [0.717, 1.165) is 11.1 Å². The lowest BCUT2D eigenvalue weighted by Gasteiger charge is -2.38. The van der Waals surface area contributed by atoms with Crippen molar-refractivity contribution in [3.05, 3.63) is 58.1 Å². The first-order valence-corrected chi connectivity index (χ1v) is 9.58. The normalized spacial score (nSPS) is 12.8. The van der Waals surface area contributed by atoms with Crippen LogP contribution in [0.3, 0.4) is 0 Å². The first kappa shape index (κ1) is 20.6. The fourth-order valence-electron chi connectivity index (χ4n) is 3.78. The average Bonchev–Trinajstić information content (AvgIpc) is 3.22. The monoisotopic (exact) mass is 429 g/mol. The molecular weight excluding hydrogens is 408 g/mol. The second-order valence-electron chi connectivity index (χ2n) is 7.53. The van der Waals surface area contributed by atoms with Gasteiger partial charge in [-0.05, 0) is 31.5 Å². The Hall–Kier alpha value is -3.69. The molecule has 2 N–H and O–H groups in total. The molecule has 1 aliphatic rings. The Balaban J connectivity index is 1.94. The van der Waals surface area contributed by atoms with Crippen LogP contribution >= 0.6 is 0 Å². The van der Waals surface area contributed by atoms with Crippen molar-refractivity contribution >= 4 is 5.91 Å². The molecule has 0 aliphatic carbocycles. The van der Waals surface area contributed by atoms with E-state index in [0.29, 0.717) is 33.8 Å². The Bertz CT molecular complexity index is 1230. The van der Waals surface area contributed by atoms with Crippen LogP contribution in [-0.2, 0) is 6.54 Å². The van der Waals surface area contributed by atoms with Gasteiger partial charge in [0.05, 0.1) is 25.5 Å². The number of hydrogen-bond acceptors (Lipinski definition) is 5. The summed E-state index contributed by atoms with van der Waals surface area (Å²) in [4.78, 5) is 24.2. The van der Waals surface area contributed by atoms with Gasteiger partial charge in [-0.25, -0.2) is 4.68 Å². The molecule has 0 spiro atoms. The number of benzene rings is 1. The molecule has 162 valence electrons. The molecule has 3 heterocycles. The van der Waals surface area contributed by atoms with E-state index in [4.69, 9.17) is 10.5 Å². The van der Waals surface area contributed by atoms with Gasteiger partial charge in [-0.1, -0.05) is 0 Å². The number of alkyl halides is 2. The van der Waals surface area contributed by atoms with E-state index in [2.05, 4.69) is 5.10 Å². The first-order chi connectivity index (χ1) is 14.7. The molecule has 1 aromatic carbocycles. The van der Waals surface area contributed by atoms with E-state index >= 15 is 0 Å². The summed E-state index contributed by atoms with van der Waals surface area (Å²) >= 11 is 0. The van der Waals surface area contributed by atoms with Crippen LogP contribution < -0.4 is 20.9 Å². The summed E-state index contributed by atoms with van der Waals surface area (Å²) in [6.45, 7) is 1.68. The highest BCUT2D eigenvalue weighted by atomic mass is 19.3. The van der Waals surface area contributed by atoms with Crippen molar-refractivity contribution in [2.75, 3.05) is 12.1 Å². The molecule has 0 saturated heterocycles. The van der Waals surface area contributed by atoms with Gasteiger partial charge in [-0.3, -0.25) is 14.3 Å². The van der Waals surface area contributed by atoms with Crippen LogP contribution in [0.2, 0.25) is 0 Å². The van der Waals surface area contributed by atoms with Gasteiger partial charge in [-0.15, -0.1) is 0 Å². The van der Waals surface area contributed by atoms with Gasteiger partial charge < -0.3 is 15.5 Å². The summed E-state index contributed by atoms with van der Waals surface area (Å²) < 4.78 is 33.8. The van der Waals surface area contributed by atoms with E-state index in [9.17, 15) is 18.4 Å². The predicted molar refractivity (Wildman–Crippen MR) is 111 cm³/mol. The summed E-state index contributed by atoms with van der Waals surface area (Å²) in [7, 11) is 1.48. The summed E-state index contributed by atoms with van der Waals surface area (Å²) in [5.41, 5.74) is 8.09. The quantitative estimate of drug-likeness (QED) is 0.673. The van der Waals surface area contributed by atoms with Gasteiger partial charge >= 0.3 is 6.55 Å². The molecule has 2 aromatic heterocycles. The molecule has 0 fully saturated rings. The number of carbonyl (C=O) groups is 1. The maximum atomic E-state index is 13.0. The van der Waals surface area contributed by atoms with Crippen LogP contribution in [-0.4, -0.2) is 33.5 Å². The predicted octanol–water partition coefficient (Wildman–Crippen LogP) is 2.74. The minimum Gasteiger partial charge on any atom is -0.496 e. The van der Waals surface area contributed by atoms with Crippen molar-refractivity contribution in [1.82, 2.24) is 14.5 Å². The molecule has 8 nitrogen and oxygen atoms in total. The number of hydrogen-bond donors (Lipinski definition) is 1. The number of halogens is 2. The standard InChI is InChI=1S/C21H21F2N5O3/c1-11(2)27-9-12-4-15(13-7-25-26(8-13)21(22)23)19(31-3)5-14(12)17-6-18(29)16(20(24)30)10-28(17)27/h4-8,10-11,21H,9H2,1-3H3,(H2,24,30). The van der Waals surface area contributed by atoms with E-state index in [1.165, 1.54) is 31.8 Å². The van der Waals surface area contributed by atoms with E-state index in [1.807, 2.05) is 24.9 Å². The fraction of sp³-hybridized carbons (Fsp3) is 0.286. The minimum atomic E-state index is -2.74. The number of rotatable bonds is 5. The minimum absolute atomic E-state index is 0.0299. The third kappa shape index (κ3) is 3.43. The smallest absolute Gasteiger partial charge is 0.333 e. The number of methoxy groups -OCH3 is 1. The summed E-state index contributed by atoms with van der Waals surface area (Å²) in [6.07, 6.45) is 4.07. The Labute approximate surface area is 176 Å². The van der Waals surface area contributed by atoms with E-state index < -0.39 is 17.9 Å². The van der Waals surface area contributed by atoms with Crippen LogP contribution in [0.5, 0.6) is 5.75 Å². The lowest BCUT2D eigenvalue weighted by Crippen LogP contribution is -2.44. The highest BCUT2D eigenvalue weighted by molar-refractivity contribution is 5.93. The zero-order valence-corrected chi connectivity index (χ0v) is 17.2. The van der Waals surface area contributed by atoms with E-state index in [-0.39, 0.29) is 11.6 Å². The van der Waals surface area contributed by atoms with Crippen molar-refractivity contribution in [3.63, 3.8) is 0 Å². The molecular formula is C21H21F2N5O3. The van der Waals surface area contributed by atoms with Gasteiger partial charge in [0.15, 0.2) is 5.43 Å². The van der Waals surface area contributed by atoms with Gasteiger partial charge in [0, 0.05) is 41.2 Å². The molecule has 31 heavy (non-hydrogen) atoms. The third-order valence-corrected chi connectivity index (χ3v) is 5.32. The second-order valence-corrected chi connectivity index (χ2v) is 7.53. The van der Waals surface area contributed by atoms with Gasteiger partial charge in [0.1, 0.15) is 11.3 Å². The largest absolute Gasteiger partial charge is 0.496 e. The van der Waals surface area contributed by atoms with Crippen molar-refractivity contribution < 1.29 is 18.3 Å². The number of nitrogens with two attached hydrogens (primary N) is 1. The Morgan fingerprint density at radius 1 is 1.19 bits per heavy atom. The molecule has 10 heteroatoms. The van der Waals surface area contributed by atoms with Crippen molar-refractivity contribution in [2.45, 2.75) is 33.0 Å². The molecule has 0 radical (unpaired) electrons. The summed E-state index contributed by atoms with van der Waals surface area (Å²) in [6, 6.07) is 5.02. The Morgan fingerprint density at radius 3 is 2.52 bits per heavy atom. The van der Waals surface area contributed by atoms with Crippen LogP contribution in [0.4, 0.5) is 8.78 Å². The number of fused-ring (bicyclic) bond motifs is 3. The molecule has 0 unspecified atom stereocenters. The zero-order valence-electron chi connectivity index (χ0n) is 17.2. The van der Waals surface area contributed by atoms with Crippen molar-refractivity contribution in [3.8, 4) is 28.1 Å². The number of pyridine rings is 1.